The van der Waals surface area contributed by atoms with Crippen LogP contribution in [0, 0.1) is 11.8 Å². The van der Waals surface area contributed by atoms with Crippen LogP contribution in [0.15, 0.2) is 0 Å². The highest BCUT2D eigenvalue weighted by Crippen LogP contribution is 2.38. The van der Waals surface area contributed by atoms with Gasteiger partial charge in [0.25, 0.3) is 0 Å². The van der Waals surface area contributed by atoms with Crippen LogP contribution < -0.4 is 10.6 Å². The fourth-order valence-corrected chi connectivity index (χ4v) is 6.14. The smallest absolute Gasteiger partial charge is 0.237 e. The number of carbonyl (C=O) groups is 1. The summed E-state index contributed by atoms with van der Waals surface area (Å²) in [6.07, 6.45) is 6.18. The predicted molar refractivity (Wildman–Crippen MR) is 108 cm³/mol. The maximum absolute atomic E-state index is 14.3. The molecule has 2 N–H and O–H groups in total. The molecule has 0 radical (unpaired) electrons. The Labute approximate surface area is 169 Å². The van der Waals surface area contributed by atoms with Gasteiger partial charge in [0.1, 0.15) is 6.17 Å². The molecule has 4 aliphatic rings. The second kappa shape index (κ2) is 8.57. The summed E-state index contributed by atoms with van der Waals surface area (Å²) in [6, 6.07) is 1.14. The average molecular weight is 396 g/mol. The lowest BCUT2D eigenvalue weighted by atomic mass is 9.77. The Hall–Kier alpha value is -0.720. The Balaban J connectivity index is 1.32. The normalized spacial score (nSPS) is 47.5. The molecule has 2 aliphatic carbocycles. The van der Waals surface area contributed by atoms with Gasteiger partial charge in [-0.05, 0) is 64.7 Å². The number of ether oxygens (including phenoxy) is 1. The molecule has 1 amide bonds. The molecule has 6 heteroatoms. The fourth-order valence-electron chi connectivity index (χ4n) is 6.14. The van der Waals surface area contributed by atoms with Gasteiger partial charge in [-0.25, -0.2) is 4.39 Å². The third kappa shape index (κ3) is 4.24. The molecule has 0 bridgehead atoms. The first kappa shape index (κ1) is 20.5. The first-order valence-corrected chi connectivity index (χ1v) is 11.5. The van der Waals surface area contributed by atoms with Crippen molar-refractivity contribution < 1.29 is 13.9 Å². The minimum absolute atomic E-state index is 0.00860. The van der Waals surface area contributed by atoms with Gasteiger partial charge >= 0.3 is 0 Å². The number of amides is 1. The fraction of sp³-hybridized carbons (Fsp3) is 0.955. The molecule has 0 spiro atoms. The molecule has 0 aromatic rings. The summed E-state index contributed by atoms with van der Waals surface area (Å²) in [7, 11) is 0. The van der Waals surface area contributed by atoms with Crippen molar-refractivity contribution >= 4 is 5.91 Å². The van der Waals surface area contributed by atoms with Crippen LogP contribution in [-0.4, -0.2) is 66.4 Å². The molecule has 4 rings (SSSR count). The predicted octanol–water partition coefficient (Wildman–Crippen LogP) is 2.64. The molecule has 5 nitrogen and oxygen atoms in total. The lowest BCUT2D eigenvalue weighted by Gasteiger charge is -2.45. The summed E-state index contributed by atoms with van der Waals surface area (Å²) in [5.74, 6) is 0.552. The van der Waals surface area contributed by atoms with E-state index in [0.29, 0.717) is 30.8 Å². The summed E-state index contributed by atoms with van der Waals surface area (Å²) in [6.45, 7) is 8.35. The largest absolute Gasteiger partial charge is 0.376 e. The van der Waals surface area contributed by atoms with Crippen molar-refractivity contribution in [2.24, 2.45) is 11.8 Å². The van der Waals surface area contributed by atoms with E-state index >= 15 is 0 Å². The second-order valence-electron chi connectivity index (χ2n) is 9.93. The van der Waals surface area contributed by atoms with Crippen molar-refractivity contribution in [2.45, 2.75) is 108 Å². The number of hydrogen-bond donors (Lipinski definition) is 2. The standard InChI is InChI=1S/C22H38FN3O2/c1-13-7-8-19(23)18-10-20(25-21(13)18)22(27)24-16-5-4-6-17(9-16)26-11-15(3)28-12-14(26)2/h13-21,25H,4-12H2,1-3H3,(H,24,27). The SMILES string of the molecule is CC1CN(C2CCCC(NC(=O)C3CC4C(F)CCC(C)C4N3)C2)C(C)CO1. The van der Waals surface area contributed by atoms with Crippen molar-refractivity contribution in [2.75, 3.05) is 13.2 Å². The van der Waals surface area contributed by atoms with E-state index in [9.17, 15) is 9.18 Å². The highest BCUT2D eigenvalue weighted by Gasteiger charge is 2.46. The molecular weight excluding hydrogens is 357 g/mol. The Morgan fingerprint density at radius 2 is 1.96 bits per heavy atom. The number of nitrogens with one attached hydrogen (secondary N) is 2. The van der Waals surface area contributed by atoms with E-state index in [0.717, 1.165) is 38.8 Å². The van der Waals surface area contributed by atoms with Crippen molar-refractivity contribution in [1.82, 2.24) is 15.5 Å². The number of morpholine rings is 1. The summed E-state index contributed by atoms with van der Waals surface area (Å²) < 4.78 is 20.1. The van der Waals surface area contributed by atoms with E-state index in [2.05, 4.69) is 36.3 Å². The van der Waals surface area contributed by atoms with Crippen LogP contribution in [0.25, 0.3) is 0 Å². The molecule has 2 saturated heterocycles. The number of hydrogen-bond acceptors (Lipinski definition) is 4. The van der Waals surface area contributed by atoms with Crippen LogP contribution in [-0.2, 0) is 9.53 Å². The maximum atomic E-state index is 14.3. The molecule has 2 saturated carbocycles. The molecule has 0 aromatic heterocycles. The monoisotopic (exact) mass is 395 g/mol. The first-order chi connectivity index (χ1) is 13.4. The van der Waals surface area contributed by atoms with Crippen molar-refractivity contribution in [3.8, 4) is 0 Å². The molecule has 9 unspecified atom stereocenters. The molecule has 9 atom stereocenters. The molecular formula is C22H38FN3O2. The van der Waals surface area contributed by atoms with Crippen LogP contribution >= 0.6 is 0 Å². The summed E-state index contributed by atoms with van der Waals surface area (Å²) in [5.41, 5.74) is 0. The van der Waals surface area contributed by atoms with E-state index in [1.165, 1.54) is 6.42 Å². The van der Waals surface area contributed by atoms with E-state index < -0.39 is 6.17 Å². The number of nitrogens with zero attached hydrogens (tertiary/aromatic N) is 1. The van der Waals surface area contributed by atoms with Crippen molar-refractivity contribution in [3.05, 3.63) is 0 Å². The van der Waals surface area contributed by atoms with Crippen LogP contribution in [0.1, 0.15) is 65.7 Å². The van der Waals surface area contributed by atoms with Crippen LogP contribution in [0.4, 0.5) is 4.39 Å². The highest BCUT2D eigenvalue weighted by atomic mass is 19.1. The summed E-state index contributed by atoms with van der Waals surface area (Å²) in [4.78, 5) is 15.5. The molecule has 2 heterocycles. The molecule has 2 aliphatic heterocycles. The number of carbonyl (C=O) groups excluding carboxylic acids is 1. The Bertz CT molecular complexity index is 544. The van der Waals surface area contributed by atoms with Gasteiger partial charge in [-0.3, -0.25) is 9.69 Å². The number of fused-ring (bicyclic) bond motifs is 1. The van der Waals surface area contributed by atoms with E-state index in [-0.39, 0.29) is 36.1 Å². The Kier molecular flexibility index (Phi) is 6.29. The molecule has 0 aromatic carbocycles. The minimum atomic E-state index is -0.754. The lowest BCUT2D eigenvalue weighted by molar-refractivity contribution is -0.124. The number of halogens is 1. The number of rotatable bonds is 3. The van der Waals surface area contributed by atoms with E-state index in [1.807, 2.05) is 0 Å². The van der Waals surface area contributed by atoms with Gasteiger partial charge in [0.15, 0.2) is 0 Å². The minimum Gasteiger partial charge on any atom is -0.376 e. The zero-order valence-electron chi connectivity index (χ0n) is 17.7. The van der Waals surface area contributed by atoms with Gasteiger partial charge in [-0.1, -0.05) is 6.92 Å². The molecule has 4 fully saturated rings. The maximum Gasteiger partial charge on any atom is 0.237 e. The summed E-state index contributed by atoms with van der Waals surface area (Å²) >= 11 is 0. The topological polar surface area (TPSA) is 53.6 Å². The van der Waals surface area contributed by atoms with Gasteiger partial charge in [0, 0.05) is 36.6 Å². The van der Waals surface area contributed by atoms with Gasteiger partial charge in [0.05, 0.1) is 18.8 Å². The zero-order chi connectivity index (χ0) is 19.8. The zero-order valence-corrected chi connectivity index (χ0v) is 17.7. The quantitative estimate of drug-likeness (QED) is 0.771. The van der Waals surface area contributed by atoms with Gasteiger partial charge < -0.3 is 15.4 Å². The molecule has 28 heavy (non-hydrogen) atoms. The third-order valence-electron chi connectivity index (χ3n) is 7.77. The first-order valence-electron chi connectivity index (χ1n) is 11.5. The number of alkyl halides is 1. The Morgan fingerprint density at radius 3 is 2.75 bits per heavy atom. The molecule has 160 valence electrons. The average Bonchev–Trinajstić information content (AvgIpc) is 3.14. The lowest BCUT2D eigenvalue weighted by Crippen LogP contribution is -2.56. The Morgan fingerprint density at radius 1 is 1.14 bits per heavy atom. The third-order valence-corrected chi connectivity index (χ3v) is 7.77. The van der Waals surface area contributed by atoms with E-state index in [1.54, 1.807) is 0 Å². The second-order valence-corrected chi connectivity index (χ2v) is 9.93. The van der Waals surface area contributed by atoms with Crippen molar-refractivity contribution in [3.63, 3.8) is 0 Å². The van der Waals surface area contributed by atoms with Gasteiger partial charge in [-0.15, -0.1) is 0 Å². The van der Waals surface area contributed by atoms with Crippen molar-refractivity contribution in [1.29, 1.82) is 0 Å². The van der Waals surface area contributed by atoms with Gasteiger partial charge in [0.2, 0.25) is 5.91 Å². The van der Waals surface area contributed by atoms with Gasteiger partial charge in [-0.2, -0.15) is 0 Å². The van der Waals surface area contributed by atoms with E-state index in [4.69, 9.17) is 4.74 Å². The van der Waals surface area contributed by atoms with Crippen LogP contribution in [0.2, 0.25) is 0 Å². The van der Waals surface area contributed by atoms with Crippen LogP contribution in [0.3, 0.4) is 0 Å². The van der Waals surface area contributed by atoms with Crippen LogP contribution in [0.5, 0.6) is 0 Å². The summed E-state index contributed by atoms with van der Waals surface area (Å²) in [5, 5.41) is 6.78. The highest BCUT2D eigenvalue weighted by molar-refractivity contribution is 5.82.